The average molecular weight is 367 g/mol. The van der Waals surface area contributed by atoms with E-state index in [1.165, 1.54) is 0 Å². The lowest BCUT2D eigenvalue weighted by Crippen LogP contribution is -2.45. The molecule has 4 heteroatoms. The number of hydrogen-bond donors (Lipinski definition) is 1. The van der Waals surface area contributed by atoms with Crippen LogP contribution >= 0.6 is 0 Å². The van der Waals surface area contributed by atoms with E-state index in [1.54, 1.807) is 0 Å². The quantitative estimate of drug-likeness (QED) is 0.819. The Labute approximate surface area is 161 Å². The summed E-state index contributed by atoms with van der Waals surface area (Å²) in [6.45, 7) is 10.1. The van der Waals surface area contributed by atoms with Crippen LogP contribution in [0.3, 0.4) is 0 Å². The number of carbonyl (C=O) groups excluding carboxylic acids is 1. The predicted octanol–water partition coefficient (Wildman–Crippen LogP) is 4.88. The molecule has 1 N–H and O–H groups in total. The molecular formula is C23H29NO3. The van der Waals surface area contributed by atoms with Gasteiger partial charge in [0.25, 0.3) is 5.91 Å². The van der Waals surface area contributed by atoms with Crippen molar-refractivity contribution in [1.82, 2.24) is 5.32 Å². The summed E-state index contributed by atoms with van der Waals surface area (Å²) < 4.78 is 12.0. The third-order valence-electron chi connectivity index (χ3n) is 4.90. The molecule has 4 nitrogen and oxygen atoms in total. The number of aryl methyl sites for hydroxylation is 2. The summed E-state index contributed by atoms with van der Waals surface area (Å²) in [7, 11) is 0. The van der Waals surface area contributed by atoms with E-state index >= 15 is 0 Å². The molecular weight excluding hydrogens is 338 g/mol. The van der Waals surface area contributed by atoms with E-state index in [-0.39, 0.29) is 17.6 Å². The van der Waals surface area contributed by atoms with Gasteiger partial charge in [0.15, 0.2) is 6.10 Å². The van der Waals surface area contributed by atoms with E-state index in [4.69, 9.17) is 9.47 Å². The lowest BCUT2D eigenvalue weighted by Gasteiger charge is -2.38. The largest absolute Gasteiger partial charge is 0.487 e. The summed E-state index contributed by atoms with van der Waals surface area (Å²) in [6.07, 6.45) is 0.801. The zero-order valence-electron chi connectivity index (χ0n) is 16.8. The Morgan fingerprint density at radius 2 is 1.85 bits per heavy atom. The minimum atomic E-state index is -0.521. The van der Waals surface area contributed by atoms with Crippen LogP contribution in [0.1, 0.15) is 56.3 Å². The van der Waals surface area contributed by atoms with Gasteiger partial charge in [-0.05, 0) is 52.3 Å². The van der Waals surface area contributed by atoms with Gasteiger partial charge in [0.1, 0.15) is 17.1 Å². The number of fused-ring (bicyclic) bond motifs is 1. The van der Waals surface area contributed by atoms with Crippen LogP contribution in [0.2, 0.25) is 0 Å². The zero-order valence-corrected chi connectivity index (χ0v) is 16.8. The fourth-order valence-electron chi connectivity index (χ4n) is 3.47. The number of amides is 1. The maximum absolute atomic E-state index is 12.9. The van der Waals surface area contributed by atoms with Crippen LogP contribution < -0.4 is 14.8 Å². The third-order valence-corrected chi connectivity index (χ3v) is 4.90. The van der Waals surface area contributed by atoms with E-state index in [0.717, 1.165) is 28.9 Å². The molecule has 0 aliphatic carbocycles. The second kappa shape index (κ2) is 7.63. The van der Waals surface area contributed by atoms with Crippen molar-refractivity contribution in [3.05, 3.63) is 59.2 Å². The minimum Gasteiger partial charge on any atom is -0.487 e. The lowest BCUT2D eigenvalue weighted by molar-refractivity contribution is -0.129. The molecule has 1 amide bonds. The second-order valence-corrected chi connectivity index (χ2v) is 8.00. The summed E-state index contributed by atoms with van der Waals surface area (Å²) in [4.78, 5) is 12.9. The summed E-state index contributed by atoms with van der Waals surface area (Å²) in [5.74, 6) is 1.47. The highest BCUT2D eigenvalue weighted by Gasteiger charge is 2.35. The van der Waals surface area contributed by atoms with E-state index < -0.39 is 6.10 Å². The highest BCUT2D eigenvalue weighted by Crippen LogP contribution is 2.40. The fourth-order valence-corrected chi connectivity index (χ4v) is 3.47. The smallest absolute Gasteiger partial charge is 0.261 e. The summed E-state index contributed by atoms with van der Waals surface area (Å²) in [6, 6.07) is 13.8. The molecule has 2 aromatic rings. The molecule has 2 atom stereocenters. The number of carbonyl (C=O) groups is 1. The molecule has 0 saturated heterocycles. The van der Waals surface area contributed by atoms with Gasteiger partial charge in [-0.3, -0.25) is 4.79 Å². The maximum atomic E-state index is 12.9. The topological polar surface area (TPSA) is 47.6 Å². The zero-order chi connectivity index (χ0) is 19.6. The summed E-state index contributed by atoms with van der Waals surface area (Å²) in [5.41, 5.74) is 3.02. The molecule has 1 heterocycles. The molecule has 0 fully saturated rings. The predicted molar refractivity (Wildman–Crippen MR) is 107 cm³/mol. The maximum Gasteiger partial charge on any atom is 0.261 e. The Balaban J connectivity index is 1.77. The van der Waals surface area contributed by atoms with Crippen molar-refractivity contribution in [1.29, 1.82) is 0 Å². The van der Waals surface area contributed by atoms with Gasteiger partial charge < -0.3 is 14.8 Å². The highest BCUT2D eigenvalue weighted by molar-refractivity contribution is 5.81. The highest BCUT2D eigenvalue weighted by atomic mass is 16.5. The van der Waals surface area contributed by atoms with Crippen LogP contribution in [-0.4, -0.2) is 17.6 Å². The Morgan fingerprint density at radius 3 is 2.52 bits per heavy atom. The van der Waals surface area contributed by atoms with E-state index in [2.05, 4.69) is 25.2 Å². The molecule has 2 aromatic carbocycles. The van der Waals surface area contributed by atoms with Gasteiger partial charge in [0.05, 0.1) is 6.04 Å². The lowest BCUT2D eigenvalue weighted by atomic mass is 9.88. The number of benzene rings is 2. The van der Waals surface area contributed by atoms with Crippen LogP contribution in [0.25, 0.3) is 0 Å². The first-order valence-corrected chi connectivity index (χ1v) is 9.60. The molecule has 1 aliphatic rings. The van der Waals surface area contributed by atoms with Crippen molar-refractivity contribution >= 4 is 5.91 Å². The number of hydrogen-bond acceptors (Lipinski definition) is 3. The van der Waals surface area contributed by atoms with E-state index in [1.807, 2.05) is 57.2 Å². The van der Waals surface area contributed by atoms with Crippen LogP contribution in [0, 0.1) is 13.8 Å². The summed E-state index contributed by atoms with van der Waals surface area (Å²) in [5, 5.41) is 3.20. The first-order chi connectivity index (χ1) is 12.8. The standard InChI is InChI=1S/C23H29NO3/c1-6-20(26-17-10-7-15(2)8-11-17)22(25)24-19-14-23(4,5)27-21-12-9-16(3)13-18(19)21/h7-13,19-20H,6,14H2,1-5H3,(H,24,25). The molecule has 0 bridgehead atoms. The minimum absolute atomic E-state index is 0.0896. The van der Waals surface area contributed by atoms with Gasteiger partial charge in [-0.1, -0.05) is 42.3 Å². The van der Waals surface area contributed by atoms with Crippen LogP contribution in [-0.2, 0) is 4.79 Å². The molecule has 3 rings (SSSR count). The SMILES string of the molecule is CCC(Oc1ccc(C)cc1)C(=O)NC1CC(C)(C)Oc2ccc(C)cc21. The second-order valence-electron chi connectivity index (χ2n) is 8.00. The van der Waals surface area contributed by atoms with Gasteiger partial charge in [-0.25, -0.2) is 0 Å². The van der Waals surface area contributed by atoms with Crippen LogP contribution in [0.15, 0.2) is 42.5 Å². The normalized spacial score (nSPS) is 18.8. The number of rotatable bonds is 5. The first-order valence-electron chi connectivity index (χ1n) is 9.60. The molecule has 0 aromatic heterocycles. The van der Waals surface area contributed by atoms with E-state index in [0.29, 0.717) is 12.2 Å². The third kappa shape index (κ3) is 4.62. The molecule has 0 spiro atoms. The Morgan fingerprint density at radius 1 is 1.19 bits per heavy atom. The molecule has 27 heavy (non-hydrogen) atoms. The molecule has 1 aliphatic heterocycles. The van der Waals surface area contributed by atoms with Crippen molar-refractivity contribution in [3.8, 4) is 11.5 Å². The molecule has 144 valence electrons. The van der Waals surface area contributed by atoms with Crippen molar-refractivity contribution in [2.24, 2.45) is 0 Å². The van der Waals surface area contributed by atoms with Gasteiger partial charge in [-0.2, -0.15) is 0 Å². The van der Waals surface area contributed by atoms with Crippen molar-refractivity contribution < 1.29 is 14.3 Å². The van der Waals surface area contributed by atoms with Gasteiger partial charge >= 0.3 is 0 Å². The Kier molecular flexibility index (Phi) is 5.45. The molecule has 2 unspecified atom stereocenters. The van der Waals surface area contributed by atoms with Crippen molar-refractivity contribution in [3.63, 3.8) is 0 Å². The van der Waals surface area contributed by atoms with Crippen LogP contribution in [0.4, 0.5) is 0 Å². The van der Waals surface area contributed by atoms with Crippen molar-refractivity contribution in [2.75, 3.05) is 0 Å². The Bertz CT molecular complexity index is 811. The summed E-state index contributed by atoms with van der Waals surface area (Å²) >= 11 is 0. The monoisotopic (exact) mass is 367 g/mol. The number of ether oxygens (including phenoxy) is 2. The number of nitrogens with one attached hydrogen (secondary N) is 1. The van der Waals surface area contributed by atoms with Crippen molar-refractivity contribution in [2.45, 2.75) is 65.2 Å². The first kappa shape index (κ1) is 19.3. The van der Waals surface area contributed by atoms with Gasteiger partial charge in [-0.15, -0.1) is 0 Å². The van der Waals surface area contributed by atoms with Gasteiger partial charge in [0, 0.05) is 12.0 Å². The average Bonchev–Trinajstić information content (AvgIpc) is 2.61. The fraction of sp³-hybridized carbons (Fsp3) is 0.435. The van der Waals surface area contributed by atoms with E-state index in [9.17, 15) is 4.79 Å². The van der Waals surface area contributed by atoms with Gasteiger partial charge in [0.2, 0.25) is 0 Å². The molecule has 0 saturated carbocycles. The molecule has 0 radical (unpaired) electrons. The Hall–Kier alpha value is -2.49. The van der Waals surface area contributed by atoms with Crippen LogP contribution in [0.5, 0.6) is 11.5 Å².